The van der Waals surface area contributed by atoms with Gasteiger partial charge in [-0.15, -0.1) is 0 Å². The first-order valence-corrected chi connectivity index (χ1v) is 7.52. The number of non-ortho nitro benzene ring substituents is 1. The summed E-state index contributed by atoms with van der Waals surface area (Å²) in [6.07, 6.45) is 0. The molecule has 0 atom stereocenters. The van der Waals surface area contributed by atoms with Gasteiger partial charge in [0, 0.05) is 23.4 Å². The Morgan fingerprint density at radius 1 is 1.19 bits per heavy atom. The third kappa shape index (κ3) is 5.11. The standard InChI is InChI=1S/C16H11ClF2N2O6/c1-26-15(23)9-4-8(5-11(6-9)21(24)25)14(22)20-10-2-3-13(12(17)7-10)27-16(18)19/h2-7,16H,1H3,(H,20,22). The number of amides is 1. The minimum absolute atomic E-state index is 0.123. The number of ether oxygens (including phenoxy) is 2. The van der Waals surface area contributed by atoms with Crippen molar-refractivity contribution in [1.82, 2.24) is 0 Å². The highest BCUT2D eigenvalue weighted by molar-refractivity contribution is 6.32. The van der Waals surface area contributed by atoms with Crippen LogP contribution >= 0.6 is 11.6 Å². The minimum Gasteiger partial charge on any atom is -0.465 e. The van der Waals surface area contributed by atoms with Crippen molar-refractivity contribution in [3.05, 3.63) is 62.7 Å². The fourth-order valence-corrected chi connectivity index (χ4v) is 2.28. The molecule has 8 nitrogen and oxygen atoms in total. The molecule has 0 aliphatic carbocycles. The molecule has 0 heterocycles. The number of benzene rings is 2. The molecule has 0 aromatic heterocycles. The summed E-state index contributed by atoms with van der Waals surface area (Å²) in [5.41, 5.74) is -0.733. The normalized spacial score (nSPS) is 10.4. The first-order valence-electron chi connectivity index (χ1n) is 7.14. The Morgan fingerprint density at radius 3 is 2.41 bits per heavy atom. The summed E-state index contributed by atoms with van der Waals surface area (Å²) in [6, 6.07) is 6.59. The maximum Gasteiger partial charge on any atom is 0.387 e. The minimum atomic E-state index is -3.07. The maximum atomic E-state index is 12.3. The van der Waals surface area contributed by atoms with Crippen molar-refractivity contribution in [2.45, 2.75) is 6.61 Å². The third-order valence-electron chi connectivity index (χ3n) is 3.22. The highest BCUT2D eigenvalue weighted by Crippen LogP contribution is 2.29. The van der Waals surface area contributed by atoms with Gasteiger partial charge in [0.25, 0.3) is 11.6 Å². The number of esters is 1. The van der Waals surface area contributed by atoms with Crippen molar-refractivity contribution < 1.29 is 32.8 Å². The van der Waals surface area contributed by atoms with Gasteiger partial charge >= 0.3 is 12.6 Å². The SMILES string of the molecule is COC(=O)c1cc(C(=O)Nc2ccc(OC(F)F)c(Cl)c2)cc([N+](=O)[O-])c1. The number of nitro benzene ring substituents is 1. The van der Waals surface area contributed by atoms with Crippen LogP contribution in [0.1, 0.15) is 20.7 Å². The van der Waals surface area contributed by atoms with E-state index < -0.39 is 29.1 Å². The molecular formula is C16H11ClF2N2O6. The molecule has 1 N–H and O–H groups in total. The van der Waals surface area contributed by atoms with Crippen molar-refractivity contribution in [2.24, 2.45) is 0 Å². The summed E-state index contributed by atoms with van der Waals surface area (Å²) in [7, 11) is 1.09. The average Bonchev–Trinajstić information content (AvgIpc) is 2.62. The summed E-state index contributed by atoms with van der Waals surface area (Å²) in [5.74, 6) is -1.93. The van der Waals surface area contributed by atoms with Gasteiger partial charge in [-0.25, -0.2) is 4.79 Å². The van der Waals surface area contributed by atoms with E-state index in [2.05, 4.69) is 14.8 Å². The predicted molar refractivity (Wildman–Crippen MR) is 90.5 cm³/mol. The molecule has 2 rings (SSSR count). The summed E-state index contributed by atoms with van der Waals surface area (Å²) in [5, 5.41) is 13.2. The Balaban J connectivity index is 2.29. The van der Waals surface area contributed by atoms with E-state index in [1.807, 2.05) is 0 Å². The summed E-state index contributed by atoms with van der Waals surface area (Å²) in [4.78, 5) is 34.2. The van der Waals surface area contributed by atoms with E-state index in [0.717, 1.165) is 37.4 Å². The van der Waals surface area contributed by atoms with E-state index in [1.54, 1.807) is 0 Å². The number of carbonyl (C=O) groups is 2. The van der Waals surface area contributed by atoms with Gasteiger partial charge in [-0.1, -0.05) is 11.6 Å². The van der Waals surface area contributed by atoms with Gasteiger partial charge in [0.15, 0.2) is 0 Å². The largest absolute Gasteiger partial charge is 0.465 e. The number of carbonyl (C=O) groups excluding carboxylic acids is 2. The average molecular weight is 401 g/mol. The lowest BCUT2D eigenvalue weighted by molar-refractivity contribution is -0.384. The number of rotatable bonds is 6. The molecule has 2 aromatic carbocycles. The third-order valence-corrected chi connectivity index (χ3v) is 3.51. The Labute approximate surface area is 155 Å². The van der Waals surface area contributed by atoms with Crippen LogP contribution < -0.4 is 10.1 Å². The second-order valence-corrected chi connectivity index (χ2v) is 5.40. The molecule has 2 aromatic rings. The first-order chi connectivity index (χ1) is 12.7. The predicted octanol–water partition coefficient (Wildman–Crippen LogP) is 3.89. The van der Waals surface area contributed by atoms with E-state index >= 15 is 0 Å². The van der Waals surface area contributed by atoms with Crippen molar-refractivity contribution >= 4 is 34.9 Å². The van der Waals surface area contributed by atoms with Crippen LogP contribution in [0.25, 0.3) is 0 Å². The lowest BCUT2D eigenvalue weighted by Crippen LogP contribution is -2.14. The van der Waals surface area contributed by atoms with Crippen LogP contribution in [0, 0.1) is 10.1 Å². The van der Waals surface area contributed by atoms with Crippen molar-refractivity contribution in [3.63, 3.8) is 0 Å². The molecular weight excluding hydrogens is 390 g/mol. The number of anilines is 1. The van der Waals surface area contributed by atoms with E-state index in [0.29, 0.717) is 0 Å². The van der Waals surface area contributed by atoms with Crippen LogP contribution in [0.3, 0.4) is 0 Å². The Bertz CT molecular complexity index is 906. The van der Waals surface area contributed by atoms with E-state index in [4.69, 9.17) is 11.6 Å². The molecule has 0 aliphatic heterocycles. The maximum absolute atomic E-state index is 12.3. The van der Waals surface area contributed by atoms with Gasteiger partial charge in [-0.05, 0) is 24.3 Å². The van der Waals surface area contributed by atoms with Crippen LogP contribution in [0.2, 0.25) is 5.02 Å². The van der Waals surface area contributed by atoms with Crippen molar-refractivity contribution in [1.29, 1.82) is 0 Å². The molecule has 11 heteroatoms. The topological polar surface area (TPSA) is 108 Å². The summed E-state index contributed by atoms with van der Waals surface area (Å²) in [6.45, 7) is -3.07. The van der Waals surface area contributed by atoms with Gasteiger partial charge < -0.3 is 14.8 Å². The monoisotopic (exact) mass is 400 g/mol. The number of methoxy groups -OCH3 is 1. The molecule has 0 fully saturated rings. The zero-order valence-electron chi connectivity index (χ0n) is 13.6. The number of hydrogen-bond donors (Lipinski definition) is 1. The first kappa shape index (κ1) is 20.0. The summed E-state index contributed by atoms with van der Waals surface area (Å²) >= 11 is 5.80. The molecule has 1 amide bonds. The lowest BCUT2D eigenvalue weighted by Gasteiger charge is -2.10. The van der Waals surface area contributed by atoms with Gasteiger partial charge in [0.2, 0.25) is 0 Å². The highest BCUT2D eigenvalue weighted by atomic mass is 35.5. The molecule has 0 spiro atoms. The second kappa shape index (κ2) is 8.41. The Morgan fingerprint density at radius 2 is 1.85 bits per heavy atom. The van der Waals surface area contributed by atoms with Crippen LogP contribution in [-0.4, -0.2) is 30.5 Å². The smallest absolute Gasteiger partial charge is 0.387 e. The lowest BCUT2D eigenvalue weighted by atomic mass is 10.1. The number of hydrogen-bond acceptors (Lipinski definition) is 6. The van der Waals surface area contributed by atoms with Crippen molar-refractivity contribution in [2.75, 3.05) is 12.4 Å². The molecule has 0 saturated carbocycles. The fourth-order valence-electron chi connectivity index (χ4n) is 2.06. The van der Waals surface area contributed by atoms with Gasteiger partial charge in [0.1, 0.15) is 5.75 Å². The molecule has 142 valence electrons. The number of nitro groups is 1. The van der Waals surface area contributed by atoms with Crippen LogP contribution in [-0.2, 0) is 4.74 Å². The van der Waals surface area contributed by atoms with E-state index in [9.17, 15) is 28.5 Å². The van der Waals surface area contributed by atoms with Crippen LogP contribution in [0.15, 0.2) is 36.4 Å². The van der Waals surface area contributed by atoms with Gasteiger partial charge in [0.05, 0.1) is 22.6 Å². The van der Waals surface area contributed by atoms with Gasteiger partial charge in [-0.3, -0.25) is 14.9 Å². The molecule has 0 unspecified atom stereocenters. The summed E-state index contributed by atoms with van der Waals surface area (Å²) < 4.78 is 33.1. The van der Waals surface area contributed by atoms with Crippen molar-refractivity contribution in [3.8, 4) is 5.75 Å². The molecule has 27 heavy (non-hydrogen) atoms. The zero-order chi connectivity index (χ0) is 20.1. The highest BCUT2D eigenvalue weighted by Gasteiger charge is 2.19. The molecule has 0 aliphatic rings. The van der Waals surface area contributed by atoms with Crippen LogP contribution in [0.4, 0.5) is 20.2 Å². The number of nitrogens with zero attached hydrogens (tertiary/aromatic N) is 1. The second-order valence-electron chi connectivity index (χ2n) is 5.00. The fraction of sp³-hybridized carbons (Fsp3) is 0.125. The number of alkyl halides is 2. The Hall–Kier alpha value is -3.27. The number of nitrogens with one attached hydrogen (secondary N) is 1. The molecule has 0 bridgehead atoms. The Kier molecular flexibility index (Phi) is 6.24. The quantitative estimate of drug-likeness (QED) is 0.447. The molecule has 0 saturated heterocycles. The van der Waals surface area contributed by atoms with E-state index in [1.165, 1.54) is 6.07 Å². The zero-order valence-corrected chi connectivity index (χ0v) is 14.3. The van der Waals surface area contributed by atoms with Gasteiger partial charge in [-0.2, -0.15) is 8.78 Å². The number of halogens is 3. The molecule has 0 radical (unpaired) electrons. The van der Waals surface area contributed by atoms with E-state index in [-0.39, 0.29) is 27.6 Å². The van der Waals surface area contributed by atoms with Crippen LogP contribution in [0.5, 0.6) is 5.75 Å².